The van der Waals surface area contributed by atoms with E-state index in [0.717, 1.165) is 0 Å². The van der Waals surface area contributed by atoms with Crippen molar-refractivity contribution >= 4 is 0 Å². The minimum atomic E-state index is 0.434. The molecule has 0 saturated heterocycles. The highest BCUT2D eigenvalue weighted by atomic mass is 14.2. The summed E-state index contributed by atoms with van der Waals surface area (Å²) < 4.78 is 0. The van der Waals surface area contributed by atoms with E-state index in [1.807, 2.05) is 0 Å². The summed E-state index contributed by atoms with van der Waals surface area (Å²) in [6, 6.07) is 0. The van der Waals surface area contributed by atoms with Gasteiger partial charge in [0.15, 0.2) is 0 Å². The fourth-order valence-electron chi connectivity index (χ4n) is 1.15. The van der Waals surface area contributed by atoms with Gasteiger partial charge in [0.1, 0.15) is 0 Å². The molecule has 0 saturated carbocycles. The lowest BCUT2D eigenvalue weighted by Crippen LogP contribution is -2.05. The van der Waals surface area contributed by atoms with Gasteiger partial charge in [0, 0.05) is 0 Å². The van der Waals surface area contributed by atoms with E-state index in [1.54, 1.807) is 5.57 Å². The maximum absolute atomic E-state index is 2.41. The van der Waals surface area contributed by atoms with Crippen LogP contribution in [-0.4, -0.2) is 0 Å². The SMILES string of the molecule is C/C(=C/CC(C)(C)C)CCC(C)(C)C. The van der Waals surface area contributed by atoms with E-state index in [1.165, 1.54) is 19.3 Å². The van der Waals surface area contributed by atoms with Gasteiger partial charge in [0.2, 0.25) is 0 Å². The van der Waals surface area contributed by atoms with Crippen LogP contribution >= 0.6 is 0 Å². The molecule has 0 atom stereocenters. The zero-order valence-corrected chi connectivity index (χ0v) is 11.2. The molecular weight excluding hydrogens is 168 g/mol. The minimum absolute atomic E-state index is 0.434. The summed E-state index contributed by atoms with van der Waals surface area (Å²) >= 11 is 0. The van der Waals surface area contributed by atoms with Crippen LogP contribution in [-0.2, 0) is 0 Å². The number of hydrogen-bond donors (Lipinski definition) is 0. The van der Waals surface area contributed by atoms with Crippen LogP contribution in [0.15, 0.2) is 11.6 Å². The van der Waals surface area contributed by atoms with Gasteiger partial charge in [-0.15, -0.1) is 0 Å². The van der Waals surface area contributed by atoms with E-state index in [-0.39, 0.29) is 0 Å². The Labute approximate surface area is 90.8 Å². The average Bonchev–Trinajstić information content (AvgIpc) is 1.94. The maximum atomic E-state index is 2.41. The molecule has 0 radical (unpaired) electrons. The number of rotatable bonds is 3. The summed E-state index contributed by atoms with van der Waals surface area (Å²) in [5.74, 6) is 0. The van der Waals surface area contributed by atoms with E-state index in [4.69, 9.17) is 0 Å². The van der Waals surface area contributed by atoms with Crippen molar-refractivity contribution in [2.45, 2.75) is 67.7 Å². The molecule has 0 aromatic rings. The van der Waals surface area contributed by atoms with E-state index in [0.29, 0.717) is 10.8 Å². The molecular formula is C14H28. The molecule has 0 aliphatic heterocycles. The molecule has 0 fully saturated rings. The molecule has 0 aromatic heterocycles. The molecule has 84 valence electrons. The fourth-order valence-corrected chi connectivity index (χ4v) is 1.15. The van der Waals surface area contributed by atoms with Gasteiger partial charge in [-0.25, -0.2) is 0 Å². The van der Waals surface area contributed by atoms with Crippen molar-refractivity contribution in [3.63, 3.8) is 0 Å². The lowest BCUT2D eigenvalue weighted by molar-refractivity contribution is 0.376. The normalized spacial score (nSPS) is 14.6. The van der Waals surface area contributed by atoms with Crippen molar-refractivity contribution < 1.29 is 0 Å². The van der Waals surface area contributed by atoms with Crippen LogP contribution in [0.25, 0.3) is 0 Å². The topological polar surface area (TPSA) is 0 Å². The predicted molar refractivity (Wildman–Crippen MR) is 66.5 cm³/mol. The third kappa shape index (κ3) is 9.83. The average molecular weight is 196 g/mol. The third-order valence-electron chi connectivity index (χ3n) is 2.33. The van der Waals surface area contributed by atoms with Crippen LogP contribution in [0.2, 0.25) is 0 Å². The molecule has 0 N–H and O–H groups in total. The van der Waals surface area contributed by atoms with Gasteiger partial charge in [0.25, 0.3) is 0 Å². The Morgan fingerprint density at radius 1 is 0.929 bits per heavy atom. The van der Waals surface area contributed by atoms with Crippen molar-refractivity contribution in [2.75, 3.05) is 0 Å². The zero-order valence-electron chi connectivity index (χ0n) is 11.2. The summed E-state index contributed by atoms with van der Waals surface area (Å²) in [7, 11) is 0. The van der Waals surface area contributed by atoms with Gasteiger partial charge >= 0.3 is 0 Å². The standard InChI is InChI=1S/C14H28/c1-12(8-10-13(2,3)4)9-11-14(5,6)7/h8H,9-11H2,1-7H3/b12-8-. The lowest BCUT2D eigenvalue weighted by Gasteiger charge is -2.19. The van der Waals surface area contributed by atoms with Crippen molar-refractivity contribution in [1.29, 1.82) is 0 Å². The number of allylic oxidation sites excluding steroid dienone is 2. The molecule has 0 nitrogen and oxygen atoms in total. The summed E-state index contributed by atoms with van der Waals surface area (Å²) in [4.78, 5) is 0. The molecule has 0 heteroatoms. The van der Waals surface area contributed by atoms with Crippen molar-refractivity contribution in [2.24, 2.45) is 10.8 Å². The molecule has 0 rings (SSSR count). The van der Waals surface area contributed by atoms with Crippen LogP contribution in [0.3, 0.4) is 0 Å². The highest BCUT2D eigenvalue weighted by molar-refractivity contribution is 5.00. The third-order valence-corrected chi connectivity index (χ3v) is 2.33. The largest absolute Gasteiger partial charge is 0.0851 e. The summed E-state index contributed by atoms with van der Waals surface area (Å²) in [5.41, 5.74) is 2.45. The Hall–Kier alpha value is -0.260. The first-order valence-electron chi connectivity index (χ1n) is 5.76. The molecule has 0 aliphatic rings. The van der Waals surface area contributed by atoms with Crippen LogP contribution in [0.1, 0.15) is 67.7 Å². The molecule has 0 heterocycles. The Morgan fingerprint density at radius 2 is 1.43 bits per heavy atom. The quantitative estimate of drug-likeness (QED) is 0.545. The van der Waals surface area contributed by atoms with E-state index >= 15 is 0 Å². The van der Waals surface area contributed by atoms with Crippen LogP contribution in [0.4, 0.5) is 0 Å². The summed E-state index contributed by atoms with van der Waals surface area (Å²) in [6.07, 6.45) is 6.15. The maximum Gasteiger partial charge on any atom is -0.0299 e. The second kappa shape index (κ2) is 5.00. The van der Waals surface area contributed by atoms with Crippen molar-refractivity contribution in [3.8, 4) is 0 Å². The summed E-state index contributed by atoms with van der Waals surface area (Å²) in [6.45, 7) is 16.1. The Bertz CT molecular complexity index is 183. The molecule has 14 heavy (non-hydrogen) atoms. The number of hydrogen-bond acceptors (Lipinski definition) is 0. The fraction of sp³-hybridized carbons (Fsp3) is 0.857. The van der Waals surface area contributed by atoms with Crippen molar-refractivity contribution in [1.82, 2.24) is 0 Å². The Morgan fingerprint density at radius 3 is 1.79 bits per heavy atom. The molecule has 0 unspecified atom stereocenters. The first kappa shape index (κ1) is 13.7. The second-order valence-electron chi connectivity index (χ2n) is 6.88. The van der Waals surface area contributed by atoms with Gasteiger partial charge in [-0.3, -0.25) is 0 Å². The molecule has 0 amide bonds. The Kier molecular flexibility index (Phi) is 4.91. The highest BCUT2D eigenvalue weighted by Crippen LogP contribution is 2.25. The van der Waals surface area contributed by atoms with E-state index in [2.05, 4.69) is 54.5 Å². The zero-order chi connectivity index (χ0) is 11.4. The lowest BCUT2D eigenvalue weighted by atomic mass is 9.87. The second-order valence-corrected chi connectivity index (χ2v) is 6.88. The minimum Gasteiger partial charge on any atom is -0.0851 e. The van der Waals surface area contributed by atoms with Gasteiger partial charge in [-0.2, -0.15) is 0 Å². The monoisotopic (exact) mass is 196 g/mol. The smallest absolute Gasteiger partial charge is 0.0299 e. The predicted octanol–water partition coefficient (Wildman–Crippen LogP) is 5.20. The van der Waals surface area contributed by atoms with E-state index in [9.17, 15) is 0 Å². The van der Waals surface area contributed by atoms with Gasteiger partial charge < -0.3 is 0 Å². The van der Waals surface area contributed by atoms with Crippen molar-refractivity contribution in [3.05, 3.63) is 11.6 Å². The molecule has 0 aliphatic carbocycles. The summed E-state index contributed by atoms with van der Waals surface area (Å²) in [5, 5.41) is 0. The van der Waals surface area contributed by atoms with Crippen LogP contribution in [0.5, 0.6) is 0 Å². The van der Waals surface area contributed by atoms with Gasteiger partial charge in [-0.05, 0) is 37.0 Å². The van der Waals surface area contributed by atoms with E-state index < -0.39 is 0 Å². The van der Waals surface area contributed by atoms with Crippen LogP contribution in [0, 0.1) is 10.8 Å². The molecule has 0 spiro atoms. The highest BCUT2D eigenvalue weighted by Gasteiger charge is 2.11. The molecule has 0 aromatic carbocycles. The Balaban J connectivity index is 3.91. The first-order chi connectivity index (χ1) is 6.10. The molecule has 0 bridgehead atoms. The van der Waals surface area contributed by atoms with Crippen LogP contribution < -0.4 is 0 Å². The first-order valence-corrected chi connectivity index (χ1v) is 5.76. The van der Waals surface area contributed by atoms with Gasteiger partial charge in [-0.1, -0.05) is 53.2 Å². The van der Waals surface area contributed by atoms with Gasteiger partial charge in [0.05, 0.1) is 0 Å².